The summed E-state index contributed by atoms with van der Waals surface area (Å²) in [7, 11) is -3.76. The van der Waals surface area contributed by atoms with Gasteiger partial charge in [-0.2, -0.15) is 9.40 Å². The largest absolute Gasteiger partial charge is 0.351 e. The van der Waals surface area contributed by atoms with Gasteiger partial charge >= 0.3 is 0 Å². The molecule has 0 radical (unpaired) electrons. The SMILES string of the molecule is O=C(NCc1ccc(Cn2cncn2)cc1)[C@@H]1CCCN1S(=O)(=O)c1ccc(Cl)cc1. The van der Waals surface area contributed by atoms with Crippen molar-refractivity contribution < 1.29 is 13.2 Å². The molecular weight excluding hydrogens is 438 g/mol. The number of carbonyl (C=O) groups excluding carboxylic acids is 1. The summed E-state index contributed by atoms with van der Waals surface area (Å²) in [4.78, 5) is 16.8. The van der Waals surface area contributed by atoms with Gasteiger partial charge in [0, 0.05) is 18.1 Å². The van der Waals surface area contributed by atoms with Crippen LogP contribution in [0.4, 0.5) is 0 Å². The standard InChI is InChI=1S/C21H22ClN5O3S/c22-18-7-9-19(10-8-18)31(29,30)27-11-1-2-20(27)21(28)24-12-16-3-5-17(6-4-16)13-26-15-23-14-25-26/h3-10,14-15,20H,1-2,11-13H2,(H,24,28)/t20-/m0/s1. The summed E-state index contributed by atoms with van der Waals surface area (Å²) >= 11 is 5.87. The molecule has 0 spiro atoms. The fourth-order valence-corrected chi connectivity index (χ4v) is 5.39. The van der Waals surface area contributed by atoms with E-state index in [2.05, 4.69) is 15.4 Å². The molecule has 1 aliphatic heterocycles. The first kappa shape index (κ1) is 21.5. The van der Waals surface area contributed by atoms with Gasteiger partial charge < -0.3 is 5.32 Å². The molecule has 8 nitrogen and oxygen atoms in total. The Labute approximate surface area is 185 Å². The van der Waals surface area contributed by atoms with Gasteiger partial charge in [-0.25, -0.2) is 18.1 Å². The molecule has 1 fully saturated rings. The van der Waals surface area contributed by atoms with Crippen LogP contribution in [0, 0.1) is 0 Å². The quantitative estimate of drug-likeness (QED) is 0.585. The predicted octanol–water partition coefficient (Wildman–Crippen LogP) is 2.45. The zero-order valence-corrected chi connectivity index (χ0v) is 18.3. The van der Waals surface area contributed by atoms with Gasteiger partial charge in [0.2, 0.25) is 15.9 Å². The van der Waals surface area contributed by atoms with Crippen molar-refractivity contribution in [1.29, 1.82) is 0 Å². The highest BCUT2D eigenvalue weighted by molar-refractivity contribution is 7.89. The molecule has 1 atom stereocenters. The second-order valence-electron chi connectivity index (χ2n) is 7.36. The summed E-state index contributed by atoms with van der Waals surface area (Å²) in [6.45, 7) is 1.26. The molecule has 0 saturated carbocycles. The number of benzene rings is 2. The third-order valence-electron chi connectivity index (χ3n) is 5.23. The summed E-state index contributed by atoms with van der Waals surface area (Å²) in [6.07, 6.45) is 4.28. The van der Waals surface area contributed by atoms with Gasteiger partial charge in [0.05, 0.1) is 11.4 Å². The molecule has 1 amide bonds. The van der Waals surface area contributed by atoms with Crippen molar-refractivity contribution in [3.63, 3.8) is 0 Å². The second kappa shape index (κ2) is 9.17. The third-order valence-corrected chi connectivity index (χ3v) is 7.40. The minimum atomic E-state index is -3.76. The molecular formula is C21H22ClN5O3S. The molecule has 3 aromatic rings. The molecule has 0 unspecified atom stereocenters. The number of rotatable bonds is 7. The summed E-state index contributed by atoms with van der Waals surface area (Å²) in [6, 6.07) is 13.1. The zero-order chi connectivity index (χ0) is 21.8. The minimum absolute atomic E-state index is 0.138. The van der Waals surface area contributed by atoms with Crippen LogP contribution in [0.1, 0.15) is 24.0 Å². The Morgan fingerprint density at radius 1 is 1.10 bits per heavy atom. The average Bonchev–Trinajstić information content (AvgIpc) is 3.46. The lowest BCUT2D eigenvalue weighted by molar-refractivity contribution is -0.124. The molecule has 31 heavy (non-hydrogen) atoms. The smallest absolute Gasteiger partial charge is 0.243 e. The van der Waals surface area contributed by atoms with Crippen molar-refractivity contribution in [1.82, 2.24) is 24.4 Å². The Balaban J connectivity index is 1.38. The number of hydrogen-bond acceptors (Lipinski definition) is 5. The topological polar surface area (TPSA) is 97.2 Å². The van der Waals surface area contributed by atoms with Crippen LogP contribution >= 0.6 is 11.6 Å². The van der Waals surface area contributed by atoms with E-state index in [1.54, 1.807) is 11.0 Å². The maximum atomic E-state index is 13.0. The van der Waals surface area contributed by atoms with Crippen LogP contribution in [0.2, 0.25) is 5.02 Å². The number of halogens is 1. The van der Waals surface area contributed by atoms with Gasteiger partial charge in [0.25, 0.3) is 0 Å². The fourth-order valence-electron chi connectivity index (χ4n) is 3.60. The van der Waals surface area contributed by atoms with Gasteiger partial charge in [-0.05, 0) is 48.2 Å². The van der Waals surface area contributed by atoms with Crippen molar-refractivity contribution in [2.45, 2.75) is 36.9 Å². The van der Waals surface area contributed by atoms with E-state index in [-0.39, 0.29) is 10.8 Å². The van der Waals surface area contributed by atoms with Crippen LogP contribution in [0.3, 0.4) is 0 Å². The van der Waals surface area contributed by atoms with Gasteiger partial charge in [-0.15, -0.1) is 0 Å². The van der Waals surface area contributed by atoms with Gasteiger partial charge in [-0.1, -0.05) is 35.9 Å². The lowest BCUT2D eigenvalue weighted by Gasteiger charge is -2.23. The Morgan fingerprint density at radius 2 is 1.81 bits per heavy atom. The number of nitrogens with one attached hydrogen (secondary N) is 1. The molecule has 1 saturated heterocycles. The van der Waals surface area contributed by atoms with Crippen LogP contribution in [-0.2, 0) is 27.9 Å². The number of aromatic nitrogens is 3. The molecule has 10 heteroatoms. The predicted molar refractivity (Wildman–Crippen MR) is 116 cm³/mol. The number of sulfonamides is 1. The number of carbonyl (C=O) groups is 1. The molecule has 2 heterocycles. The first-order chi connectivity index (χ1) is 14.9. The molecule has 0 aliphatic carbocycles. The molecule has 0 bridgehead atoms. The minimum Gasteiger partial charge on any atom is -0.351 e. The first-order valence-electron chi connectivity index (χ1n) is 9.89. The highest BCUT2D eigenvalue weighted by Gasteiger charge is 2.39. The summed E-state index contributed by atoms with van der Waals surface area (Å²) in [5.41, 5.74) is 2.00. The lowest BCUT2D eigenvalue weighted by Crippen LogP contribution is -2.45. The Kier molecular flexibility index (Phi) is 6.35. The van der Waals surface area contributed by atoms with Crippen molar-refractivity contribution in [3.8, 4) is 0 Å². The van der Waals surface area contributed by atoms with Crippen LogP contribution in [0.25, 0.3) is 0 Å². The molecule has 1 aromatic heterocycles. The number of amides is 1. The van der Waals surface area contributed by atoms with E-state index in [1.165, 1.54) is 34.9 Å². The Morgan fingerprint density at radius 3 is 2.48 bits per heavy atom. The first-order valence-corrected chi connectivity index (χ1v) is 11.7. The van der Waals surface area contributed by atoms with Crippen molar-refractivity contribution in [2.75, 3.05) is 6.54 Å². The van der Waals surface area contributed by atoms with Gasteiger partial charge in [0.15, 0.2) is 0 Å². The average molecular weight is 460 g/mol. The van der Waals surface area contributed by atoms with Crippen LogP contribution in [-0.4, -0.2) is 46.0 Å². The third kappa shape index (κ3) is 4.95. The zero-order valence-electron chi connectivity index (χ0n) is 16.7. The van der Waals surface area contributed by atoms with Crippen LogP contribution < -0.4 is 5.32 Å². The van der Waals surface area contributed by atoms with Crippen molar-refractivity contribution in [3.05, 3.63) is 77.3 Å². The maximum Gasteiger partial charge on any atom is 0.243 e. The summed E-state index contributed by atoms with van der Waals surface area (Å²) < 4.78 is 29.0. The Bertz CT molecular complexity index is 1130. The molecule has 1 N–H and O–H groups in total. The van der Waals surface area contributed by atoms with E-state index >= 15 is 0 Å². The lowest BCUT2D eigenvalue weighted by atomic mass is 10.1. The maximum absolute atomic E-state index is 13.0. The highest BCUT2D eigenvalue weighted by atomic mass is 35.5. The Hall–Kier alpha value is -2.75. The fraction of sp³-hybridized carbons (Fsp3) is 0.286. The molecule has 1 aliphatic rings. The second-order valence-corrected chi connectivity index (χ2v) is 9.68. The van der Waals surface area contributed by atoms with Crippen molar-refractivity contribution >= 4 is 27.5 Å². The van der Waals surface area contributed by atoms with Gasteiger partial charge in [0.1, 0.15) is 18.7 Å². The number of nitrogens with zero attached hydrogens (tertiary/aromatic N) is 4. The molecule has 2 aromatic carbocycles. The van der Waals surface area contributed by atoms with Crippen LogP contribution in [0.15, 0.2) is 66.1 Å². The summed E-state index contributed by atoms with van der Waals surface area (Å²) in [5.74, 6) is -0.290. The summed E-state index contributed by atoms with van der Waals surface area (Å²) in [5, 5.41) is 7.41. The van der Waals surface area contributed by atoms with E-state index in [9.17, 15) is 13.2 Å². The monoisotopic (exact) mass is 459 g/mol. The van der Waals surface area contributed by atoms with Crippen LogP contribution in [0.5, 0.6) is 0 Å². The highest BCUT2D eigenvalue weighted by Crippen LogP contribution is 2.27. The van der Waals surface area contributed by atoms with E-state index < -0.39 is 16.1 Å². The van der Waals surface area contributed by atoms with E-state index in [4.69, 9.17) is 11.6 Å². The number of hydrogen-bond donors (Lipinski definition) is 1. The van der Waals surface area contributed by atoms with E-state index in [0.29, 0.717) is 37.5 Å². The van der Waals surface area contributed by atoms with E-state index in [1.807, 2.05) is 24.3 Å². The molecule has 4 rings (SSSR count). The van der Waals surface area contributed by atoms with Gasteiger partial charge in [-0.3, -0.25) is 4.79 Å². The normalized spacial score (nSPS) is 17.0. The van der Waals surface area contributed by atoms with E-state index in [0.717, 1.165) is 11.1 Å². The van der Waals surface area contributed by atoms with Crippen molar-refractivity contribution in [2.24, 2.45) is 0 Å². The molecule has 162 valence electrons.